The summed E-state index contributed by atoms with van der Waals surface area (Å²) in [6.45, 7) is 3.24. The van der Waals surface area contributed by atoms with E-state index in [1.807, 2.05) is 0 Å². The lowest BCUT2D eigenvalue weighted by Crippen LogP contribution is -2.44. The monoisotopic (exact) mass is 373 g/mol. The van der Waals surface area contributed by atoms with Crippen molar-refractivity contribution in [3.8, 4) is 5.75 Å². The summed E-state index contributed by atoms with van der Waals surface area (Å²) >= 11 is 0. The van der Waals surface area contributed by atoms with Gasteiger partial charge in [0.2, 0.25) is 0 Å². The molecule has 0 bridgehead atoms. The molecule has 2 aromatic rings. The molecule has 0 aliphatic carbocycles. The maximum absolute atomic E-state index is 13.3. The van der Waals surface area contributed by atoms with Crippen molar-refractivity contribution in [1.82, 2.24) is 10.2 Å². The number of benzene rings is 2. The molecule has 1 aliphatic heterocycles. The number of urea groups is 1. The van der Waals surface area contributed by atoms with Crippen LogP contribution >= 0.6 is 0 Å². The Kier molecular flexibility index (Phi) is 6.62. The second-order valence-corrected chi connectivity index (χ2v) is 6.28. The summed E-state index contributed by atoms with van der Waals surface area (Å²) in [5.41, 5.74) is 1.64. The number of ether oxygens (including phenoxy) is 2. The van der Waals surface area contributed by atoms with Crippen molar-refractivity contribution in [2.75, 3.05) is 45.3 Å². The molecule has 7 heteroatoms. The van der Waals surface area contributed by atoms with Crippen LogP contribution in [0, 0.1) is 5.82 Å². The lowest BCUT2D eigenvalue weighted by molar-refractivity contribution is 0.0167. The smallest absolute Gasteiger partial charge is 0.319 e. The zero-order chi connectivity index (χ0) is 19.1. The Balaban J connectivity index is 1.62. The Hall–Kier alpha value is -2.64. The summed E-state index contributed by atoms with van der Waals surface area (Å²) in [4.78, 5) is 14.5. The first-order chi connectivity index (χ1) is 13.2. The molecule has 1 fully saturated rings. The number of nitrogens with zero attached hydrogens (tertiary/aromatic N) is 1. The van der Waals surface area contributed by atoms with Crippen LogP contribution in [0.5, 0.6) is 5.75 Å². The van der Waals surface area contributed by atoms with Crippen molar-refractivity contribution in [3.05, 3.63) is 59.9 Å². The van der Waals surface area contributed by atoms with Gasteiger partial charge in [-0.05, 0) is 42.0 Å². The lowest BCUT2D eigenvalue weighted by Gasteiger charge is -2.34. The molecule has 1 unspecified atom stereocenters. The highest BCUT2D eigenvalue weighted by molar-refractivity contribution is 5.89. The van der Waals surface area contributed by atoms with Crippen LogP contribution in [-0.4, -0.2) is 50.9 Å². The predicted molar refractivity (Wildman–Crippen MR) is 102 cm³/mol. The van der Waals surface area contributed by atoms with E-state index < -0.39 is 0 Å². The number of carbonyl (C=O) groups is 1. The van der Waals surface area contributed by atoms with E-state index in [1.54, 1.807) is 43.5 Å². The topological polar surface area (TPSA) is 62.8 Å². The van der Waals surface area contributed by atoms with Crippen LogP contribution < -0.4 is 15.4 Å². The predicted octanol–water partition coefficient (Wildman–Crippen LogP) is 3.03. The van der Waals surface area contributed by atoms with E-state index in [9.17, 15) is 9.18 Å². The molecule has 0 radical (unpaired) electrons. The van der Waals surface area contributed by atoms with Crippen LogP contribution in [0.3, 0.4) is 0 Å². The highest BCUT2D eigenvalue weighted by atomic mass is 19.1. The first-order valence-corrected chi connectivity index (χ1v) is 8.92. The Morgan fingerprint density at radius 3 is 2.44 bits per heavy atom. The molecule has 27 heavy (non-hydrogen) atoms. The van der Waals surface area contributed by atoms with E-state index in [0.717, 1.165) is 24.4 Å². The number of methoxy groups -OCH3 is 1. The summed E-state index contributed by atoms with van der Waals surface area (Å²) in [5, 5.41) is 5.72. The minimum atomic E-state index is -0.291. The second kappa shape index (κ2) is 9.34. The molecule has 2 amide bonds. The number of halogens is 1. The molecule has 1 saturated heterocycles. The van der Waals surface area contributed by atoms with Crippen LogP contribution in [0.2, 0.25) is 0 Å². The maximum atomic E-state index is 13.3. The number of morpholine rings is 1. The Morgan fingerprint density at radius 1 is 1.15 bits per heavy atom. The van der Waals surface area contributed by atoms with Gasteiger partial charge in [-0.2, -0.15) is 0 Å². The minimum absolute atomic E-state index is 0.0453. The third-order valence-electron chi connectivity index (χ3n) is 4.55. The van der Waals surface area contributed by atoms with Gasteiger partial charge in [0.15, 0.2) is 0 Å². The van der Waals surface area contributed by atoms with Crippen LogP contribution in [0.4, 0.5) is 14.9 Å². The number of rotatable bonds is 6. The molecule has 6 nitrogen and oxygen atoms in total. The van der Waals surface area contributed by atoms with Crippen LogP contribution in [-0.2, 0) is 4.74 Å². The van der Waals surface area contributed by atoms with E-state index >= 15 is 0 Å². The molecule has 0 saturated carbocycles. The van der Waals surface area contributed by atoms with Crippen molar-refractivity contribution >= 4 is 11.7 Å². The largest absolute Gasteiger partial charge is 0.497 e. The molecule has 0 aromatic heterocycles. The van der Waals surface area contributed by atoms with Gasteiger partial charge in [-0.15, -0.1) is 0 Å². The summed E-state index contributed by atoms with van der Waals surface area (Å²) in [7, 11) is 1.59. The van der Waals surface area contributed by atoms with Gasteiger partial charge >= 0.3 is 6.03 Å². The summed E-state index contributed by atoms with van der Waals surface area (Å²) in [6.07, 6.45) is 0. The van der Waals surface area contributed by atoms with Crippen molar-refractivity contribution in [2.45, 2.75) is 6.04 Å². The van der Waals surface area contributed by atoms with E-state index in [4.69, 9.17) is 9.47 Å². The summed E-state index contributed by atoms with van der Waals surface area (Å²) in [6, 6.07) is 13.2. The van der Waals surface area contributed by atoms with Gasteiger partial charge in [-0.3, -0.25) is 4.90 Å². The van der Waals surface area contributed by atoms with Gasteiger partial charge in [-0.25, -0.2) is 9.18 Å². The molecule has 1 aliphatic rings. The average Bonchev–Trinajstić information content (AvgIpc) is 2.71. The molecule has 2 aromatic carbocycles. The van der Waals surface area contributed by atoms with E-state index in [0.29, 0.717) is 25.4 Å². The summed E-state index contributed by atoms with van der Waals surface area (Å²) in [5.74, 6) is 0.453. The van der Waals surface area contributed by atoms with Crippen LogP contribution in [0.1, 0.15) is 11.6 Å². The zero-order valence-corrected chi connectivity index (χ0v) is 15.3. The highest BCUT2D eigenvalue weighted by Crippen LogP contribution is 2.22. The number of carbonyl (C=O) groups excluding carboxylic acids is 1. The summed E-state index contributed by atoms with van der Waals surface area (Å²) < 4.78 is 23.8. The van der Waals surface area contributed by atoms with Crippen molar-refractivity contribution in [1.29, 1.82) is 0 Å². The first-order valence-electron chi connectivity index (χ1n) is 8.92. The van der Waals surface area contributed by atoms with Gasteiger partial charge in [0.05, 0.1) is 26.4 Å². The fourth-order valence-corrected chi connectivity index (χ4v) is 3.07. The van der Waals surface area contributed by atoms with Gasteiger partial charge < -0.3 is 20.1 Å². The molecule has 2 N–H and O–H groups in total. The number of amides is 2. The molecular weight excluding hydrogens is 349 g/mol. The fraction of sp³-hybridized carbons (Fsp3) is 0.350. The standard InChI is InChI=1S/C20H24FN3O3/c1-26-18-8-6-17(7-9-18)23-20(25)22-14-19(24-10-12-27-13-11-24)15-2-4-16(21)5-3-15/h2-9,19H,10-14H2,1H3,(H2,22,23,25). The van der Waals surface area contributed by atoms with Crippen molar-refractivity contribution in [3.63, 3.8) is 0 Å². The van der Waals surface area contributed by atoms with Crippen molar-refractivity contribution in [2.24, 2.45) is 0 Å². The highest BCUT2D eigenvalue weighted by Gasteiger charge is 2.23. The third kappa shape index (κ3) is 5.42. The average molecular weight is 373 g/mol. The van der Waals surface area contributed by atoms with E-state index in [2.05, 4.69) is 15.5 Å². The Labute approximate surface area is 158 Å². The Morgan fingerprint density at radius 2 is 1.81 bits per heavy atom. The molecule has 144 valence electrons. The normalized spacial score (nSPS) is 15.8. The number of hydrogen-bond donors (Lipinski definition) is 2. The molecule has 1 atom stereocenters. The second-order valence-electron chi connectivity index (χ2n) is 6.28. The fourth-order valence-electron chi connectivity index (χ4n) is 3.07. The first kappa shape index (κ1) is 19.1. The number of hydrogen-bond acceptors (Lipinski definition) is 4. The Bertz CT molecular complexity index is 731. The van der Waals surface area contributed by atoms with Crippen LogP contribution in [0.25, 0.3) is 0 Å². The molecule has 0 spiro atoms. The van der Waals surface area contributed by atoms with Gasteiger partial charge in [-0.1, -0.05) is 12.1 Å². The minimum Gasteiger partial charge on any atom is -0.497 e. The van der Waals surface area contributed by atoms with Gasteiger partial charge in [0.1, 0.15) is 11.6 Å². The van der Waals surface area contributed by atoms with E-state index in [-0.39, 0.29) is 17.9 Å². The van der Waals surface area contributed by atoms with Crippen molar-refractivity contribution < 1.29 is 18.7 Å². The molecule has 1 heterocycles. The third-order valence-corrected chi connectivity index (χ3v) is 4.55. The quantitative estimate of drug-likeness (QED) is 0.817. The SMILES string of the molecule is COc1ccc(NC(=O)NCC(c2ccc(F)cc2)N2CCOCC2)cc1. The van der Waals surface area contributed by atoms with E-state index in [1.165, 1.54) is 12.1 Å². The van der Waals surface area contributed by atoms with Crippen LogP contribution in [0.15, 0.2) is 48.5 Å². The lowest BCUT2D eigenvalue weighted by atomic mass is 10.0. The number of nitrogens with one attached hydrogen (secondary N) is 2. The number of anilines is 1. The van der Waals surface area contributed by atoms with Gasteiger partial charge in [0, 0.05) is 25.3 Å². The maximum Gasteiger partial charge on any atom is 0.319 e. The zero-order valence-electron chi connectivity index (χ0n) is 15.3. The van der Waals surface area contributed by atoms with Gasteiger partial charge in [0.25, 0.3) is 0 Å². The molecule has 3 rings (SSSR count). The molecular formula is C20H24FN3O3.